The number of methoxy groups -OCH3 is 1. The Balaban J connectivity index is 0.000000684. The third-order valence-electron chi connectivity index (χ3n) is 7.06. The SMILES string of the molecule is CCC.CCCC(=O)CCC.CCCCCC(CC)Nc1nnc2c(c1CN)CCCOCc1cc(OC)cc(O)c1-2. The lowest BCUT2D eigenvalue weighted by molar-refractivity contribution is -0.119. The van der Waals surface area contributed by atoms with E-state index < -0.39 is 0 Å². The van der Waals surface area contributed by atoms with Crippen molar-refractivity contribution in [1.29, 1.82) is 0 Å². The molecule has 238 valence electrons. The molecule has 0 bridgehead atoms. The summed E-state index contributed by atoms with van der Waals surface area (Å²) in [6, 6.07) is 3.84. The molecule has 1 aromatic carbocycles. The van der Waals surface area contributed by atoms with Gasteiger partial charge in [-0.25, -0.2) is 0 Å². The van der Waals surface area contributed by atoms with Crippen molar-refractivity contribution in [1.82, 2.24) is 10.2 Å². The fourth-order valence-electron chi connectivity index (χ4n) is 4.90. The van der Waals surface area contributed by atoms with Crippen LogP contribution < -0.4 is 15.8 Å². The summed E-state index contributed by atoms with van der Waals surface area (Å²) in [6.07, 6.45) is 12.2. The monoisotopic (exact) mass is 586 g/mol. The van der Waals surface area contributed by atoms with E-state index in [4.69, 9.17) is 15.2 Å². The van der Waals surface area contributed by atoms with Crippen LogP contribution in [0.15, 0.2) is 12.1 Å². The Hall–Kier alpha value is -2.71. The average molecular weight is 587 g/mol. The van der Waals surface area contributed by atoms with Crippen molar-refractivity contribution in [2.45, 2.75) is 138 Å². The van der Waals surface area contributed by atoms with E-state index in [-0.39, 0.29) is 5.75 Å². The lowest BCUT2D eigenvalue weighted by Crippen LogP contribution is -2.22. The first kappa shape index (κ1) is 37.3. The summed E-state index contributed by atoms with van der Waals surface area (Å²) < 4.78 is 11.2. The van der Waals surface area contributed by atoms with Crippen molar-refractivity contribution in [2.24, 2.45) is 5.73 Å². The molecule has 0 aliphatic carbocycles. The van der Waals surface area contributed by atoms with Gasteiger partial charge in [-0.3, -0.25) is 4.79 Å². The molecule has 2 aromatic rings. The number of nitrogens with two attached hydrogens (primary N) is 1. The van der Waals surface area contributed by atoms with Crippen LogP contribution in [0.25, 0.3) is 11.3 Å². The quantitative estimate of drug-likeness (QED) is 0.201. The number of hydrogen-bond acceptors (Lipinski definition) is 8. The number of fused-ring (bicyclic) bond motifs is 3. The Bertz CT molecular complexity index is 1040. The number of phenols is 1. The van der Waals surface area contributed by atoms with Gasteiger partial charge in [-0.1, -0.05) is 67.2 Å². The summed E-state index contributed by atoms with van der Waals surface area (Å²) in [5.41, 5.74) is 10.4. The molecular weight excluding hydrogens is 528 g/mol. The van der Waals surface area contributed by atoms with Crippen molar-refractivity contribution < 1.29 is 19.4 Å². The maximum absolute atomic E-state index is 10.8. The van der Waals surface area contributed by atoms with Crippen LogP contribution in [0.2, 0.25) is 0 Å². The highest BCUT2D eigenvalue weighted by Gasteiger charge is 2.24. The molecule has 1 aliphatic rings. The van der Waals surface area contributed by atoms with E-state index in [1.54, 1.807) is 13.2 Å². The van der Waals surface area contributed by atoms with Crippen LogP contribution >= 0.6 is 0 Å². The number of benzene rings is 1. The van der Waals surface area contributed by atoms with Gasteiger partial charge in [-0.15, -0.1) is 10.2 Å². The lowest BCUT2D eigenvalue weighted by Gasteiger charge is -2.22. The van der Waals surface area contributed by atoms with E-state index >= 15 is 0 Å². The van der Waals surface area contributed by atoms with E-state index in [0.717, 1.165) is 73.9 Å². The molecule has 2 heterocycles. The summed E-state index contributed by atoms with van der Waals surface area (Å²) in [6.45, 7) is 14.1. The highest BCUT2D eigenvalue weighted by molar-refractivity contribution is 5.78. The number of aromatic hydroxyl groups is 1. The zero-order valence-corrected chi connectivity index (χ0v) is 27.5. The second kappa shape index (κ2) is 21.9. The smallest absolute Gasteiger partial charge is 0.153 e. The van der Waals surface area contributed by atoms with Crippen LogP contribution in [0, 0.1) is 0 Å². The predicted molar refractivity (Wildman–Crippen MR) is 174 cm³/mol. The molecule has 0 spiro atoms. The number of carbonyl (C=O) groups excluding carboxylic acids is 1. The minimum Gasteiger partial charge on any atom is -0.507 e. The minimum absolute atomic E-state index is 0.116. The van der Waals surface area contributed by atoms with Crippen LogP contribution in [0.4, 0.5) is 5.82 Å². The largest absolute Gasteiger partial charge is 0.507 e. The normalized spacial score (nSPS) is 13.0. The van der Waals surface area contributed by atoms with Gasteiger partial charge in [-0.2, -0.15) is 0 Å². The van der Waals surface area contributed by atoms with E-state index in [1.807, 2.05) is 19.9 Å². The standard InChI is InChI=1S/C24H36N4O3.C7H14O.C3H8/c1-4-6-7-9-17(5-2)26-24-20(14-25)19-10-8-11-31-15-16-12-18(30-3)13-21(29)22(16)23(19)27-28-24;1-3-5-7(8)6-4-2;1-3-2/h12-13,17,29H,4-11,14-15,25H2,1-3H3,(H,26,28);3-6H2,1-2H3;3H2,1-2H3. The first-order chi connectivity index (χ1) is 20.3. The van der Waals surface area contributed by atoms with Crippen molar-refractivity contribution in [3.63, 3.8) is 0 Å². The summed E-state index contributed by atoms with van der Waals surface area (Å²) in [4.78, 5) is 10.6. The number of Topliss-reactive ketones (excluding diaryl/α,β-unsaturated/α-hetero) is 1. The van der Waals surface area contributed by atoms with Gasteiger partial charge in [0.2, 0.25) is 0 Å². The van der Waals surface area contributed by atoms with Crippen molar-refractivity contribution in [3.8, 4) is 22.8 Å². The van der Waals surface area contributed by atoms with Gasteiger partial charge in [0, 0.05) is 49.2 Å². The molecule has 3 rings (SSSR count). The van der Waals surface area contributed by atoms with E-state index in [2.05, 4.69) is 43.2 Å². The highest BCUT2D eigenvalue weighted by atomic mass is 16.5. The van der Waals surface area contributed by atoms with Crippen LogP contribution in [0.3, 0.4) is 0 Å². The topological polar surface area (TPSA) is 120 Å². The summed E-state index contributed by atoms with van der Waals surface area (Å²) in [5, 5.41) is 23.5. The van der Waals surface area contributed by atoms with E-state index in [1.165, 1.54) is 25.7 Å². The molecular formula is C34H58N4O4. The maximum Gasteiger partial charge on any atom is 0.153 e. The highest BCUT2D eigenvalue weighted by Crippen LogP contribution is 2.40. The van der Waals surface area contributed by atoms with Gasteiger partial charge >= 0.3 is 0 Å². The van der Waals surface area contributed by atoms with Gasteiger partial charge < -0.3 is 25.6 Å². The Kier molecular flexibility index (Phi) is 19.5. The molecule has 42 heavy (non-hydrogen) atoms. The Labute approximate surface area is 255 Å². The lowest BCUT2D eigenvalue weighted by atomic mass is 9.94. The molecule has 0 fully saturated rings. The van der Waals surface area contributed by atoms with Crippen LogP contribution in [-0.4, -0.2) is 40.8 Å². The zero-order valence-electron chi connectivity index (χ0n) is 27.5. The number of hydrogen-bond donors (Lipinski definition) is 3. The van der Waals surface area contributed by atoms with Crippen LogP contribution in [0.5, 0.6) is 11.5 Å². The van der Waals surface area contributed by atoms with Gasteiger partial charge in [0.15, 0.2) is 5.82 Å². The third kappa shape index (κ3) is 12.3. The number of rotatable bonds is 13. The Morgan fingerprint density at radius 1 is 1.07 bits per heavy atom. The number of nitrogens with one attached hydrogen (secondary N) is 1. The van der Waals surface area contributed by atoms with Gasteiger partial charge in [-0.05, 0) is 55.7 Å². The number of aromatic nitrogens is 2. The number of phenolic OH excluding ortho intramolecular Hbond substituents is 1. The molecule has 1 aliphatic heterocycles. The molecule has 0 saturated heterocycles. The first-order valence-electron chi connectivity index (χ1n) is 16.2. The summed E-state index contributed by atoms with van der Waals surface area (Å²) >= 11 is 0. The maximum atomic E-state index is 10.8. The molecule has 8 heteroatoms. The van der Waals surface area contributed by atoms with E-state index in [0.29, 0.717) is 48.6 Å². The number of anilines is 1. The second-order valence-electron chi connectivity index (χ2n) is 10.9. The number of nitrogens with zero attached hydrogens (tertiary/aromatic N) is 2. The van der Waals surface area contributed by atoms with Gasteiger partial charge in [0.1, 0.15) is 23.0 Å². The van der Waals surface area contributed by atoms with Crippen LogP contribution in [0.1, 0.15) is 129 Å². The molecule has 0 amide bonds. The molecule has 1 unspecified atom stereocenters. The average Bonchev–Trinajstić information content (AvgIpc) is 3.06. The molecule has 1 atom stereocenters. The predicted octanol–water partition coefficient (Wildman–Crippen LogP) is 8.12. The fourth-order valence-corrected chi connectivity index (χ4v) is 4.90. The molecule has 0 saturated carbocycles. The number of ketones is 1. The minimum atomic E-state index is 0.116. The first-order valence-corrected chi connectivity index (χ1v) is 16.2. The Morgan fingerprint density at radius 3 is 2.33 bits per heavy atom. The Morgan fingerprint density at radius 2 is 1.76 bits per heavy atom. The summed E-state index contributed by atoms with van der Waals surface area (Å²) in [7, 11) is 1.58. The van der Waals surface area contributed by atoms with Crippen LogP contribution in [-0.2, 0) is 29.1 Å². The number of carbonyl (C=O) groups is 1. The fraction of sp³-hybridized carbons (Fsp3) is 0.676. The van der Waals surface area contributed by atoms with Crippen molar-refractivity contribution in [2.75, 3.05) is 19.0 Å². The third-order valence-corrected chi connectivity index (χ3v) is 7.06. The molecule has 8 nitrogen and oxygen atoms in total. The molecule has 4 N–H and O–H groups in total. The number of ether oxygens (including phenoxy) is 2. The molecule has 0 radical (unpaired) electrons. The summed E-state index contributed by atoms with van der Waals surface area (Å²) in [5.74, 6) is 1.88. The zero-order chi connectivity index (χ0) is 31.3. The van der Waals surface area contributed by atoms with Crippen molar-refractivity contribution in [3.05, 3.63) is 28.8 Å². The van der Waals surface area contributed by atoms with Gasteiger partial charge in [0.25, 0.3) is 0 Å². The second-order valence-corrected chi connectivity index (χ2v) is 10.9. The van der Waals surface area contributed by atoms with E-state index in [9.17, 15) is 9.90 Å². The number of unbranched alkanes of at least 4 members (excludes halogenated alkanes) is 2. The molecule has 1 aromatic heterocycles. The van der Waals surface area contributed by atoms with Crippen molar-refractivity contribution >= 4 is 11.6 Å². The van der Waals surface area contributed by atoms with Gasteiger partial charge in [0.05, 0.1) is 13.7 Å².